The molecule has 2 heteroatoms. The molecule has 1 heterocycles. The maximum Gasteiger partial charge on any atom is 0.128 e. The highest BCUT2D eigenvalue weighted by molar-refractivity contribution is 5.95. The SMILES string of the molecule is CCCCOc1cccc2nc3ccccc3cc12. The molecule has 2 nitrogen and oxygen atoms in total. The van der Waals surface area contributed by atoms with Crippen molar-refractivity contribution in [1.29, 1.82) is 0 Å². The van der Waals surface area contributed by atoms with Gasteiger partial charge in [0.2, 0.25) is 0 Å². The van der Waals surface area contributed by atoms with Crippen molar-refractivity contribution in [1.82, 2.24) is 4.98 Å². The number of pyridine rings is 1. The predicted molar refractivity (Wildman–Crippen MR) is 79.7 cm³/mol. The van der Waals surface area contributed by atoms with E-state index in [0.29, 0.717) is 0 Å². The second-order valence-electron chi connectivity index (χ2n) is 4.71. The van der Waals surface area contributed by atoms with Crippen molar-refractivity contribution in [2.45, 2.75) is 19.8 Å². The van der Waals surface area contributed by atoms with E-state index >= 15 is 0 Å². The predicted octanol–water partition coefficient (Wildman–Crippen LogP) is 4.57. The molecule has 0 saturated heterocycles. The molecule has 0 aliphatic heterocycles. The van der Waals surface area contributed by atoms with E-state index in [1.54, 1.807) is 0 Å². The fraction of sp³-hybridized carbons (Fsp3) is 0.235. The van der Waals surface area contributed by atoms with Crippen molar-refractivity contribution in [3.05, 3.63) is 48.5 Å². The number of para-hydroxylation sites is 1. The number of hydrogen-bond acceptors (Lipinski definition) is 2. The Labute approximate surface area is 113 Å². The number of unbranched alkanes of at least 4 members (excludes halogenated alkanes) is 1. The molecule has 0 fully saturated rings. The maximum absolute atomic E-state index is 5.87. The van der Waals surface area contributed by atoms with Crippen LogP contribution in [0.15, 0.2) is 48.5 Å². The van der Waals surface area contributed by atoms with Gasteiger partial charge in [-0.25, -0.2) is 4.98 Å². The molecule has 0 spiro atoms. The first-order valence-electron chi connectivity index (χ1n) is 6.80. The molecule has 0 unspecified atom stereocenters. The number of aromatic nitrogens is 1. The van der Waals surface area contributed by atoms with Crippen LogP contribution in [0.3, 0.4) is 0 Å². The van der Waals surface area contributed by atoms with E-state index in [1.807, 2.05) is 36.4 Å². The van der Waals surface area contributed by atoms with Crippen molar-refractivity contribution in [2.24, 2.45) is 0 Å². The number of nitrogens with zero attached hydrogens (tertiary/aromatic N) is 1. The average Bonchev–Trinajstić information content (AvgIpc) is 2.46. The maximum atomic E-state index is 5.87. The molecule has 0 amide bonds. The molecule has 3 aromatic rings. The molecule has 2 aromatic carbocycles. The molecule has 1 aromatic heterocycles. The largest absolute Gasteiger partial charge is 0.493 e. The first-order chi connectivity index (χ1) is 9.38. The zero-order valence-corrected chi connectivity index (χ0v) is 11.1. The quantitative estimate of drug-likeness (QED) is 0.500. The summed E-state index contributed by atoms with van der Waals surface area (Å²) < 4.78 is 5.87. The van der Waals surface area contributed by atoms with Crippen LogP contribution in [-0.4, -0.2) is 11.6 Å². The van der Waals surface area contributed by atoms with E-state index in [2.05, 4.69) is 24.0 Å². The summed E-state index contributed by atoms with van der Waals surface area (Å²) in [6.45, 7) is 2.93. The topological polar surface area (TPSA) is 22.1 Å². The molecule has 96 valence electrons. The minimum Gasteiger partial charge on any atom is -0.493 e. The summed E-state index contributed by atoms with van der Waals surface area (Å²) in [5.74, 6) is 0.934. The molecule has 0 aliphatic rings. The molecule has 0 saturated carbocycles. The van der Waals surface area contributed by atoms with Crippen molar-refractivity contribution >= 4 is 21.8 Å². The van der Waals surface area contributed by atoms with Crippen molar-refractivity contribution in [3.8, 4) is 5.75 Å². The zero-order valence-electron chi connectivity index (χ0n) is 11.1. The van der Waals surface area contributed by atoms with Crippen LogP contribution in [0.2, 0.25) is 0 Å². The zero-order chi connectivity index (χ0) is 13.1. The van der Waals surface area contributed by atoms with Gasteiger partial charge >= 0.3 is 0 Å². The first-order valence-corrected chi connectivity index (χ1v) is 6.80. The van der Waals surface area contributed by atoms with Gasteiger partial charge in [0.05, 0.1) is 17.6 Å². The summed E-state index contributed by atoms with van der Waals surface area (Å²) in [7, 11) is 0. The lowest BCUT2D eigenvalue weighted by Gasteiger charge is -2.09. The molecular weight excluding hydrogens is 234 g/mol. The molecule has 3 rings (SSSR count). The van der Waals surface area contributed by atoms with Gasteiger partial charge in [0, 0.05) is 10.8 Å². The van der Waals surface area contributed by atoms with Crippen LogP contribution >= 0.6 is 0 Å². The van der Waals surface area contributed by atoms with Gasteiger partial charge in [-0.05, 0) is 30.7 Å². The Morgan fingerprint density at radius 2 is 1.84 bits per heavy atom. The molecule has 0 bridgehead atoms. The molecule has 0 atom stereocenters. The Hall–Kier alpha value is -2.09. The summed E-state index contributed by atoms with van der Waals surface area (Å²) in [6, 6.07) is 16.4. The highest BCUT2D eigenvalue weighted by Gasteiger charge is 2.04. The Kier molecular flexibility index (Phi) is 3.32. The third-order valence-electron chi connectivity index (χ3n) is 3.28. The number of fused-ring (bicyclic) bond motifs is 2. The average molecular weight is 251 g/mol. The molecule has 0 N–H and O–H groups in total. The van der Waals surface area contributed by atoms with Crippen molar-refractivity contribution < 1.29 is 4.74 Å². The van der Waals surface area contributed by atoms with E-state index in [-0.39, 0.29) is 0 Å². The highest BCUT2D eigenvalue weighted by Crippen LogP contribution is 2.27. The first kappa shape index (κ1) is 12.0. The third kappa shape index (κ3) is 2.39. The Morgan fingerprint density at radius 1 is 1.00 bits per heavy atom. The minimum absolute atomic E-state index is 0.766. The van der Waals surface area contributed by atoms with Crippen molar-refractivity contribution in [3.63, 3.8) is 0 Å². The lowest BCUT2D eigenvalue weighted by Crippen LogP contribution is -1.97. The van der Waals surface area contributed by atoms with Crippen LogP contribution in [0, 0.1) is 0 Å². The van der Waals surface area contributed by atoms with E-state index in [9.17, 15) is 0 Å². The van der Waals surface area contributed by atoms with Gasteiger partial charge < -0.3 is 4.74 Å². The van der Waals surface area contributed by atoms with Gasteiger partial charge in [-0.1, -0.05) is 37.6 Å². The third-order valence-corrected chi connectivity index (χ3v) is 3.28. The Bertz CT molecular complexity index is 706. The summed E-state index contributed by atoms with van der Waals surface area (Å²) in [6.07, 6.45) is 2.23. The number of benzene rings is 2. The molecular formula is C17H17NO. The van der Waals surface area contributed by atoms with Gasteiger partial charge in [0.1, 0.15) is 5.75 Å². The van der Waals surface area contributed by atoms with E-state index < -0.39 is 0 Å². The fourth-order valence-corrected chi connectivity index (χ4v) is 2.22. The second kappa shape index (κ2) is 5.27. The lowest BCUT2D eigenvalue weighted by atomic mass is 10.1. The van der Waals surface area contributed by atoms with Gasteiger partial charge in [-0.15, -0.1) is 0 Å². The van der Waals surface area contributed by atoms with Gasteiger partial charge in [-0.2, -0.15) is 0 Å². The monoisotopic (exact) mass is 251 g/mol. The summed E-state index contributed by atoms with van der Waals surface area (Å²) in [4.78, 5) is 4.69. The van der Waals surface area contributed by atoms with E-state index in [4.69, 9.17) is 4.74 Å². The summed E-state index contributed by atoms with van der Waals surface area (Å²) >= 11 is 0. The lowest BCUT2D eigenvalue weighted by molar-refractivity contribution is 0.313. The number of rotatable bonds is 4. The highest BCUT2D eigenvalue weighted by atomic mass is 16.5. The molecule has 0 radical (unpaired) electrons. The van der Waals surface area contributed by atoms with E-state index in [1.165, 1.54) is 0 Å². The van der Waals surface area contributed by atoms with Crippen LogP contribution in [0.1, 0.15) is 19.8 Å². The standard InChI is InChI=1S/C17H17NO/c1-2-3-11-19-17-10-6-9-16-14(17)12-13-7-4-5-8-15(13)18-16/h4-10,12H,2-3,11H2,1H3. The fourth-order valence-electron chi connectivity index (χ4n) is 2.22. The molecule has 19 heavy (non-hydrogen) atoms. The van der Waals surface area contributed by atoms with Gasteiger partial charge in [-0.3, -0.25) is 0 Å². The second-order valence-corrected chi connectivity index (χ2v) is 4.71. The number of hydrogen-bond donors (Lipinski definition) is 0. The molecule has 0 aliphatic carbocycles. The van der Waals surface area contributed by atoms with Crippen molar-refractivity contribution in [2.75, 3.05) is 6.61 Å². The van der Waals surface area contributed by atoms with Crippen LogP contribution < -0.4 is 4.74 Å². The Balaban J connectivity index is 2.09. The number of ether oxygens (including phenoxy) is 1. The summed E-state index contributed by atoms with van der Waals surface area (Å²) in [5, 5.41) is 2.25. The van der Waals surface area contributed by atoms with Gasteiger partial charge in [0.25, 0.3) is 0 Å². The van der Waals surface area contributed by atoms with Crippen LogP contribution in [0.25, 0.3) is 21.8 Å². The smallest absolute Gasteiger partial charge is 0.128 e. The van der Waals surface area contributed by atoms with Gasteiger partial charge in [0.15, 0.2) is 0 Å². The van der Waals surface area contributed by atoms with Crippen LogP contribution in [0.4, 0.5) is 0 Å². The van der Waals surface area contributed by atoms with Crippen LogP contribution in [-0.2, 0) is 0 Å². The normalized spacial score (nSPS) is 11.0. The Morgan fingerprint density at radius 3 is 2.74 bits per heavy atom. The van der Waals surface area contributed by atoms with E-state index in [0.717, 1.165) is 47.0 Å². The van der Waals surface area contributed by atoms with Crippen LogP contribution in [0.5, 0.6) is 5.75 Å². The summed E-state index contributed by atoms with van der Waals surface area (Å²) in [5.41, 5.74) is 2.02. The minimum atomic E-state index is 0.766.